The average molecular weight is 233 g/mol. The molecule has 0 bridgehead atoms. The molecule has 5 heteroatoms. The summed E-state index contributed by atoms with van der Waals surface area (Å²) in [4.78, 5) is 32.7. The van der Waals surface area contributed by atoms with Crippen LogP contribution in [0.5, 0.6) is 0 Å². The van der Waals surface area contributed by atoms with E-state index < -0.39 is 0 Å². The summed E-state index contributed by atoms with van der Waals surface area (Å²) in [6, 6.07) is 0.0464. The molecule has 0 saturated heterocycles. The van der Waals surface area contributed by atoms with Gasteiger partial charge in [0.05, 0.1) is 12.0 Å². The summed E-state index contributed by atoms with van der Waals surface area (Å²) in [7, 11) is 0. The molecule has 0 spiro atoms. The summed E-state index contributed by atoms with van der Waals surface area (Å²) in [5.74, 6) is 1.68. The number of rotatable bonds is 2. The summed E-state index contributed by atoms with van der Waals surface area (Å²) in [5.41, 5.74) is 0.376. The predicted molar refractivity (Wildman–Crippen MR) is 63.2 cm³/mol. The monoisotopic (exact) mass is 233 g/mol. The van der Waals surface area contributed by atoms with E-state index in [1.165, 1.54) is 0 Å². The van der Waals surface area contributed by atoms with E-state index >= 15 is 0 Å². The Morgan fingerprint density at radius 2 is 2.06 bits per heavy atom. The first-order chi connectivity index (χ1) is 8.08. The molecule has 1 aliphatic heterocycles. The van der Waals surface area contributed by atoms with Gasteiger partial charge in [0.1, 0.15) is 11.6 Å². The van der Waals surface area contributed by atoms with Crippen molar-refractivity contribution in [2.45, 2.75) is 45.1 Å². The molecular formula is C12H15N3O2. The molecule has 0 unspecified atom stereocenters. The number of amides is 1. The lowest BCUT2D eigenvalue weighted by Crippen LogP contribution is -2.34. The highest BCUT2D eigenvalue weighted by atomic mass is 16.2. The maximum atomic E-state index is 11.9. The van der Waals surface area contributed by atoms with Crippen LogP contribution in [0.2, 0.25) is 0 Å². The minimum Gasteiger partial charge on any atom is -0.310 e. The summed E-state index contributed by atoms with van der Waals surface area (Å²) in [5, 5.41) is 0. The highest BCUT2D eigenvalue weighted by Gasteiger charge is 2.35. The Morgan fingerprint density at radius 1 is 1.35 bits per heavy atom. The largest absolute Gasteiger partial charge is 0.310 e. The third-order valence-corrected chi connectivity index (χ3v) is 3.32. The van der Waals surface area contributed by atoms with Crippen molar-refractivity contribution >= 4 is 11.7 Å². The topological polar surface area (TPSA) is 66.1 Å². The third kappa shape index (κ3) is 1.57. The van der Waals surface area contributed by atoms with E-state index in [1.807, 2.05) is 13.8 Å². The first kappa shape index (κ1) is 10.5. The van der Waals surface area contributed by atoms with Gasteiger partial charge in [-0.25, -0.2) is 4.98 Å². The lowest BCUT2D eigenvalue weighted by Gasteiger charge is -2.20. The summed E-state index contributed by atoms with van der Waals surface area (Å²) < 4.78 is 0. The van der Waals surface area contributed by atoms with Gasteiger partial charge >= 0.3 is 0 Å². The molecule has 1 aliphatic carbocycles. The van der Waals surface area contributed by atoms with Crippen molar-refractivity contribution in [3.8, 4) is 0 Å². The number of H-pyrrole nitrogens is 1. The molecule has 17 heavy (non-hydrogen) atoms. The molecule has 1 aromatic rings. The number of hydrogen-bond donors (Lipinski definition) is 1. The number of anilines is 1. The number of carbonyl (C=O) groups is 1. The van der Waals surface area contributed by atoms with Gasteiger partial charge in [-0.05, 0) is 26.7 Å². The Labute approximate surface area is 98.9 Å². The van der Waals surface area contributed by atoms with Crippen LogP contribution >= 0.6 is 0 Å². The summed E-state index contributed by atoms with van der Waals surface area (Å²) in [6.07, 6.45) is 2.34. The molecule has 0 atom stereocenters. The molecule has 0 aromatic carbocycles. The van der Waals surface area contributed by atoms with Gasteiger partial charge in [0.25, 0.3) is 5.56 Å². The molecule has 5 nitrogen and oxygen atoms in total. The molecule has 2 heterocycles. The second-order valence-electron chi connectivity index (χ2n) is 5.06. The standard InChI is InChI=1S/C12H15N3O2/c1-6(2)15-9(16)5-8-11(15)13-10(7-3-4-7)14-12(8)17/h6-7H,3-5H2,1-2H3,(H,13,14,17). The molecule has 3 rings (SSSR count). The quantitative estimate of drug-likeness (QED) is 0.826. The van der Waals surface area contributed by atoms with E-state index in [1.54, 1.807) is 4.90 Å². The fraction of sp³-hybridized carbons (Fsp3) is 0.583. The van der Waals surface area contributed by atoms with E-state index in [9.17, 15) is 9.59 Å². The van der Waals surface area contributed by atoms with Crippen LogP contribution in [0.1, 0.15) is 44.0 Å². The number of nitrogens with one attached hydrogen (secondary N) is 1. The Bertz CT molecular complexity index is 543. The number of nitrogens with zero attached hydrogens (tertiary/aromatic N) is 2. The van der Waals surface area contributed by atoms with Crippen LogP contribution in [0.15, 0.2) is 4.79 Å². The fourth-order valence-electron chi connectivity index (χ4n) is 2.30. The van der Waals surface area contributed by atoms with Crippen LogP contribution in [0.3, 0.4) is 0 Å². The van der Waals surface area contributed by atoms with Crippen LogP contribution in [-0.4, -0.2) is 21.9 Å². The molecule has 90 valence electrons. The average Bonchev–Trinajstić information content (AvgIpc) is 3.01. The first-order valence-electron chi connectivity index (χ1n) is 6.03. The van der Waals surface area contributed by atoms with Crippen LogP contribution in [-0.2, 0) is 11.2 Å². The maximum Gasteiger partial charge on any atom is 0.256 e. The molecule has 0 radical (unpaired) electrons. The Hall–Kier alpha value is -1.65. The predicted octanol–water partition coefficient (Wildman–Crippen LogP) is 0.945. The lowest BCUT2D eigenvalue weighted by atomic mass is 10.2. The number of fused-ring (bicyclic) bond motifs is 1. The lowest BCUT2D eigenvalue weighted by molar-refractivity contribution is -0.117. The van der Waals surface area contributed by atoms with E-state index in [0.29, 0.717) is 17.3 Å². The van der Waals surface area contributed by atoms with Gasteiger partial charge in [0.2, 0.25) is 5.91 Å². The number of hydrogen-bond acceptors (Lipinski definition) is 3. The van der Waals surface area contributed by atoms with Gasteiger partial charge in [0.15, 0.2) is 0 Å². The minimum atomic E-state index is -0.145. The zero-order chi connectivity index (χ0) is 12.2. The van der Waals surface area contributed by atoms with Crippen molar-refractivity contribution in [2.24, 2.45) is 0 Å². The van der Waals surface area contributed by atoms with Gasteiger partial charge < -0.3 is 4.98 Å². The van der Waals surface area contributed by atoms with Crippen LogP contribution in [0.4, 0.5) is 5.82 Å². The molecular weight excluding hydrogens is 218 g/mol. The van der Waals surface area contributed by atoms with Crippen LogP contribution in [0, 0.1) is 0 Å². The second kappa shape index (κ2) is 3.42. The van der Waals surface area contributed by atoms with E-state index in [-0.39, 0.29) is 23.9 Å². The van der Waals surface area contributed by atoms with Crippen molar-refractivity contribution in [3.05, 3.63) is 21.7 Å². The number of carbonyl (C=O) groups excluding carboxylic acids is 1. The van der Waals surface area contributed by atoms with Gasteiger partial charge in [-0.2, -0.15) is 0 Å². The Morgan fingerprint density at radius 3 is 2.65 bits per heavy atom. The molecule has 2 aliphatic rings. The first-order valence-corrected chi connectivity index (χ1v) is 6.03. The van der Waals surface area contributed by atoms with E-state index in [0.717, 1.165) is 18.7 Å². The molecule has 1 saturated carbocycles. The van der Waals surface area contributed by atoms with Gasteiger partial charge in [-0.1, -0.05) is 0 Å². The second-order valence-corrected chi connectivity index (χ2v) is 5.06. The highest BCUT2D eigenvalue weighted by molar-refractivity contribution is 6.00. The fourth-order valence-corrected chi connectivity index (χ4v) is 2.30. The van der Waals surface area contributed by atoms with Crippen molar-refractivity contribution in [1.29, 1.82) is 0 Å². The van der Waals surface area contributed by atoms with Crippen LogP contribution in [0.25, 0.3) is 0 Å². The molecule has 1 N–H and O–H groups in total. The molecule has 1 fully saturated rings. The normalized spacial score (nSPS) is 19.0. The molecule has 1 aromatic heterocycles. The van der Waals surface area contributed by atoms with Crippen molar-refractivity contribution in [1.82, 2.24) is 9.97 Å². The summed E-state index contributed by atoms with van der Waals surface area (Å²) in [6.45, 7) is 3.87. The smallest absolute Gasteiger partial charge is 0.256 e. The zero-order valence-corrected chi connectivity index (χ0v) is 9.99. The summed E-state index contributed by atoms with van der Waals surface area (Å²) >= 11 is 0. The van der Waals surface area contributed by atoms with Crippen molar-refractivity contribution in [2.75, 3.05) is 4.90 Å². The highest BCUT2D eigenvalue weighted by Crippen LogP contribution is 2.39. The zero-order valence-electron chi connectivity index (χ0n) is 9.99. The number of aromatic amines is 1. The van der Waals surface area contributed by atoms with Gasteiger partial charge in [0, 0.05) is 12.0 Å². The maximum absolute atomic E-state index is 11.9. The Balaban J connectivity index is 2.14. The van der Waals surface area contributed by atoms with Gasteiger partial charge in [-0.15, -0.1) is 0 Å². The minimum absolute atomic E-state index is 0.0269. The van der Waals surface area contributed by atoms with Crippen LogP contribution < -0.4 is 10.5 Å². The van der Waals surface area contributed by atoms with Gasteiger partial charge in [-0.3, -0.25) is 14.5 Å². The molecule has 1 amide bonds. The Kier molecular flexibility index (Phi) is 2.11. The number of aromatic nitrogens is 2. The van der Waals surface area contributed by atoms with Crippen molar-refractivity contribution in [3.63, 3.8) is 0 Å². The van der Waals surface area contributed by atoms with Crippen molar-refractivity contribution < 1.29 is 4.79 Å². The van der Waals surface area contributed by atoms with E-state index in [4.69, 9.17) is 0 Å². The third-order valence-electron chi connectivity index (χ3n) is 3.32. The van der Waals surface area contributed by atoms with E-state index in [2.05, 4.69) is 9.97 Å². The SMILES string of the molecule is CC(C)N1C(=O)Cc2c1nc(C1CC1)[nH]c2=O.